The van der Waals surface area contributed by atoms with Crippen LogP contribution in [0.15, 0.2) is 12.1 Å². The molecule has 0 aromatic heterocycles. The van der Waals surface area contributed by atoms with Crippen LogP contribution in [0.3, 0.4) is 0 Å². The largest absolute Gasteiger partial charge is 1.00 e. The molecule has 16 heavy (non-hydrogen) atoms. The number of hydrogen-bond donors (Lipinski definition) is 0. The summed E-state index contributed by atoms with van der Waals surface area (Å²) in [4.78, 5) is 1.70. The minimum absolute atomic E-state index is 0. The van der Waals surface area contributed by atoms with E-state index in [9.17, 15) is 12.9 Å². The molecule has 90 valence electrons. The Kier molecular flexibility index (Phi) is 11.1. The van der Waals surface area contributed by atoms with Crippen molar-refractivity contribution in [3.63, 3.8) is 0 Å². The Morgan fingerprint density at radius 2 is 1.88 bits per heavy atom. The van der Waals surface area contributed by atoms with Gasteiger partial charge in [-0.1, -0.05) is 0 Å². The van der Waals surface area contributed by atoms with Crippen LogP contribution in [0.25, 0.3) is 0 Å². The van der Waals surface area contributed by atoms with E-state index in [0.29, 0.717) is 13.2 Å². The van der Waals surface area contributed by atoms with Crippen molar-refractivity contribution in [2.45, 2.75) is 19.9 Å². The van der Waals surface area contributed by atoms with Gasteiger partial charge in [0.1, 0.15) is 0 Å². The first-order chi connectivity index (χ1) is 6.79. The first kappa shape index (κ1) is 19.5. The molecule has 7 heteroatoms. The molecule has 0 unspecified atom stereocenters. The molecule has 0 amide bonds. The Labute approximate surface area is 138 Å². The Hall–Kier alpha value is 1.15. The minimum Gasteiger partial charge on any atom is -0.445 e. The summed E-state index contributed by atoms with van der Waals surface area (Å²) in [5.41, 5.74) is -0.653. The van der Waals surface area contributed by atoms with E-state index in [4.69, 9.17) is 4.74 Å². The van der Waals surface area contributed by atoms with Crippen LogP contribution in [0.5, 0.6) is 0 Å². The van der Waals surface area contributed by atoms with E-state index < -0.39 is 12.4 Å². The number of ether oxygens (including phenoxy) is 1. The van der Waals surface area contributed by atoms with Crippen molar-refractivity contribution in [2.24, 2.45) is 0 Å². The summed E-state index contributed by atoms with van der Waals surface area (Å²) < 4.78 is 41.7. The average molecular weight is 263 g/mol. The normalized spacial score (nSPS) is 11.8. The maximum absolute atomic E-state index is 12.3. The molecule has 0 aliphatic heterocycles. The summed E-state index contributed by atoms with van der Waals surface area (Å²) in [6, 6.07) is 0.0510. The second-order valence-electron chi connectivity index (χ2n) is 3.79. The molecule has 0 N–H and O–H groups in total. The zero-order valence-corrected chi connectivity index (χ0v) is 13.6. The van der Waals surface area contributed by atoms with Gasteiger partial charge in [-0.2, -0.15) is 0 Å². The van der Waals surface area contributed by atoms with Gasteiger partial charge < -0.3 is 17.7 Å². The van der Waals surface area contributed by atoms with Gasteiger partial charge in [0, 0.05) is 19.7 Å². The van der Waals surface area contributed by atoms with Crippen LogP contribution in [0.2, 0.25) is 0 Å². The van der Waals surface area contributed by atoms with Gasteiger partial charge in [-0.05, 0) is 20.4 Å². The number of halogens is 3. The van der Waals surface area contributed by atoms with Crippen molar-refractivity contribution in [3.8, 4) is 0 Å². The maximum atomic E-state index is 12.3. The third-order valence-electron chi connectivity index (χ3n) is 2.18. The molecule has 0 saturated carbocycles. The summed E-state index contributed by atoms with van der Waals surface area (Å²) >= 11 is 0. The Balaban J connectivity index is 0. The van der Waals surface area contributed by atoms with E-state index in [1.807, 2.05) is 13.8 Å². The van der Waals surface area contributed by atoms with Gasteiger partial charge in [-0.3, -0.25) is 4.90 Å². The molecule has 0 bridgehead atoms. The van der Waals surface area contributed by atoms with Gasteiger partial charge in [0.05, 0.1) is 6.61 Å². The molecule has 0 aromatic carbocycles. The maximum Gasteiger partial charge on any atom is 1.00 e. The molecule has 0 saturated heterocycles. The quantitative estimate of drug-likeness (QED) is 0.563. The van der Waals surface area contributed by atoms with Gasteiger partial charge in [0.15, 0.2) is 0 Å². The molecule has 0 aliphatic rings. The standard InChI is InChI=1S/C9H18BF3NO.K/c1-8(2)14(5-6-15-4)7-9(3)10(11,12)13;/h8H,3,5-7H2,1-2,4H3;/q-1;+1. The van der Waals surface area contributed by atoms with Crippen LogP contribution >= 0.6 is 0 Å². The fourth-order valence-electron chi connectivity index (χ4n) is 1.09. The molecule has 0 heterocycles. The molecule has 0 radical (unpaired) electrons. The number of nitrogens with zero attached hydrogens (tertiary/aromatic N) is 1. The van der Waals surface area contributed by atoms with Crippen LogP contribution in [0, 0.1) is 0 Å². The fourth-order valence-corrected chi connectivity index (χ4v) is 1.09. The van der Waals surface area contributed by atoms with Gasteiger partial charge in [0.2, 0.25) is 0 Å². The summed E-state index contributed by atoms with van der Waals surface area (Å²) in [6.45, 7) is 2.64. The Morgan fingerprint density at radius 1 is 1.38 bits per heavy atom. The van der Waals surface area contributed by atoms with Crippen molar-refractivity contribution in [1.82, 2.24) is 4.90 Å². The molecule has 0 rings (SSSR count). The predicted molar refractivity (Wildman–Crippen MR) is 56.8 cm³/mol. The van der Waals surface area contributed by atoms with Gasteiger partial charge in [-0.25, -0.2) is 0 Å². The minimum atomic E-state index is -4.93. The number of methoxy groups -OCH3 is 1. The summed E-state index contributed by atoms with van der Waals surface area (Å²) in [5, 5.41) is 0. The third kappa shape index (κ3) is 8.27. The average Bonchev–Trinajstić information content (AvgIpc) is 2.09. The zero-order valence-electron chi connectivity index (χ0n) is 10.5. The monoisotopic (exact) mass is 263 g/mol. The first-order valence-corrected chi connectivity index (χ1v) is 4.89. The van der Waals surface area contributed by atoms with Gasteiger partial charge in [-0.15, -0.1) is 12.1 Å². The zero-order chi connectivity index (χ0) is 12.1. The van der Waals surface area contributed by atoms with Crippen LogP contribution in [-0.4, -0.2) is 44.7 Å². The SMILES string of the molecule is C=C(CN(CCOC)C(C)C)[B-](F)(F)F.[K+]. The van der Waals surface area contributed by atoms with Gasteiger partial charge in [0.25, 0.3) is 0 Å². The fraction of sp³-hybridized carbons (Fsp3) is 0.778. The molecule has 0 aromatic rings. The molecule has 0 spiro atoms. The summed E-state index contributed by atoms with van der Waals surface area (Å²) in [7, 11) is 1.53. The number of rotatable bonds is 7. The topological polar surface area (TPSA) is 12.5 Å². The molecule has 0 aliphatic carbocycles. The smallest absolute Gasteiger partial charge is 0.445 e. The van der Waals surface area contributed by atoms with Crippen LogP contribution in [0.4, 0.5) is 12.9 Å². The van der Waals surface area contributed by atoms with Crippen molar-refractivity contribution in [1.29, 1.82) is 0 Å². The van der Waals surface area contributed by atoms with Gasteiger partial charge >= 0.3 is 58.4 Å². The van der Waals surface area contributed by atoms with Crippen molar-refractivity contribution >= 4 is 6.98 Å². The van der Waals surface area contributed by atoms with Crippen molar-refractivity contribution in [3.05, 3.63) is 12.1 Å². The molecule has 0 fully saturated rings. The van der Waals surface area contributed by atoms with E-state index in [0.717, 1.165) is 0 Å². The Bertz CT molecular complexity index is 211. The van der Waals surface area contributed by atoms with E-state index >= 15 is 0 Å². The Morgan fingerprint density at radius 3 is 2.19 bits per heavy atom. The molecule has 2 nitrogen and oxygen atoms in total. The van der Waals surface area contributed by atoms with Crippen LogP contribution < -0.4 is 51.4 Å². The van der Waals surface area contributed by atoms with Crippen LogP contribution in [-0.2, 0) is 4.74 Å². The molecular formula is C9H18BF3KNO. The second-order valence-corrected chi connectivity index (χ2v) is 3.79. The first-order valence-electron chi connectivity index (χ1n) is 4.89. The molecule has 0 atom stereocenters. The van der Waals surface area contributed by atoms with Crippen LogP contribution in [0.1, 0.15) is 13.8 Å². The summed E-state index contributed by atoms with van der Waals surface area (Å²) in [5.74, 6) is 0. The van der Waals surface area contributed by atoms with E-state index in [1.165, 1.54) is 7.11 Å². The van der Waals surface area contributed by atoms with E-state index in [1.54, 1.807) is 4.90 Å². The van der Waals surface area contributed by atoms with E-state index in [-0.39, 0.29) is 64.0 Å². The number of hydrogen-bond acceptors (Lipinski definition) is 2. The van der Waals surface area contributed by atoms with Crippen molar-refractivity contribution in [2.75, 3.05) is 26.8 Å². The summed E-state index contributed by atoms with van der Waals surface area (Å²) in [6.07, 6.45) is 0. The second kappa shape index (κ2) is 9.13. The molecular weight excluding hydrogens is 245 g/mol. The third-order valence-corrected chi connectivity index (χ3v) is 2.18. The predicted octanol–water partition coefficient (Wildman–Crippen LogP) is -0.710. The van der Waals surface area contributed by atoms with Crippen molar-refractivity contribution < 1.29 is 69.1 Å². The van der Waals surface area contributed by atoms with E-state index in [2.05, 4.69) is 6.58 Å².